The third-order valence-electron chi connectivity index (χ3n) is 4.07. The Morgan fingerprint density at radius 2 is 1.54 bits per heavy atom. The van der Waals surface area contributed by atoms with E-state index in [1.165, 1.54) is 6.07 Å². The third-order valence-corrected chi connectivity index (χ3v) is 4.07. The van der Waals surface area contributed by atoms with E-state index in [2.05, 4.69) is 25.6 Å². The van der Waals surface area contributed by atoms with E-state index in [0.29, 0.717) is 29.7 Å². The lowest BCUT2D eigenvalue weighted by molar-refractivity contribution is 0.632. The molecule has 0 saturated heterocycles. The van der Waals surface area contributed by atoms with Gasteiger partial charge in [-0.2, -0.15) is 0 Å². The molecular weight excluding hydrogens is 353 g/mol. The first-order valence-corrected chi connectivity index (χ1v) is 8.88. The van der Waals surface area contributed by atoms with Gasteiger partial charge < -0.3 is 10.6 Å². The van der Waals surface area contributed by atoms with Crippen LogP contribution in [-0.2, 0) is 6.54 Å². The Morgan fingerprint density at radius 3 is 2.32 bits per heavy atom. The molecule has 6 heteroatoms. The molecule has 2 aromatic heterocycles. The van der Waals surface area contributed by atoms with Crippen LogP contribution >= 0.6 is 0 Å². The number of benzene rings is 2. The molecule has 0 spiro atoms. The van der Waals surface area contributed by atoms with Gasteiger partial charge in [0.05, 0.1) is 17.9 Å². The van der Waals surface area contributed by atoms with Gasteiger partial charge in [-0.1, -0.05) is 48.5 Å². The highest BCUT2D eigenvalue weighted by molar-refractivity contribution is 5.65. The quantitative estimate of drug-likeness (QED) is 0.497. The van der Waals surface area contributed by atoms with Crippen molar-refractivity contribution < 1.29 is 4.39 Å². The Morgan fingerprint density at radius 1 is 0.786 bits per heavy atom. The molecule has 0 radical (unpaired) electrons. The van der Waals surface area contributed by atoms with Crippen molar-refractivity contribution in [2.24, 2.45) is 0 Å². The Labute approximate surface area is 162 Å². The van der Waals surface area contributed by atoms with Gasteiger partial charge in [0.25, 0.3) is 0 Å². The Hall–Kier alpha value is -3.80. The fourth-order valence-corrected chi connectivity index (χ4v) is 2.70. The zero-order valence-electron chi connectivity index (χ0n) is 15.0. The lowest BCUT2D eigenvalue weighted by atomic mass is 10.2. The number of aromatic nitrogens is 3. The molecule has 0 aliphatic heterocycles. The summed E-state index contributed by atoms with van der Waals surface area (Å²) < 4.78 is 14.0. The smallest absolute Gasteiger partial charge is 0.163 e. The number of anilines is 3. The number of hydrogen-bond acceptors (Lipinski definition) is 5. The monoisotopic (exact) mass is 371 g/mol. The minimum absolute atomic E-state index is 0.342. The van der Waals surface area contributed by atoms with E-state index in [1.807, 2.05) is 48.5 Å². The van der Waals surface area contributed by atoms with Crippen molar-refractivity contribution in [2.45, 2.75) is 6.54 Å². The molecule has 0 atom stereocenters. The standard InChI is InChI=1S/C22H18FN5/c23-18-11-4-5-12-19(18)26-21-14-20(25-15-17-10-6-7-13-24-17)27-22(28-21)16-8-2-1-3-9-16/h1-14H,15H2,(H2,25,26,27,28). The summed E-state index contributed by atoms with van der Waals surface area (Å²) in [7, 11) is 0. The lowest BCUT2D eigenvalue weighted by Gasteiger charge is -2.12. The summed E-state index contributed by atoms with van der Waals surface area (Å²) in [6, 6.07) is 23.6. The first kappa shape index (κ1) is 17.6. The van der Waals surface area contributed by atoms with Gasteiger partial charge in [-0.3, -0.25) is 4.98 Å². The predicted octanol–water partition coefficient (Wildman–Crippen LogP) is 5.03. The molecule has 0 unspecified atom stereocenters. The van der Waals surface area contributed by atoms with Crippen molar-refractivity contribution in [1.82, 2.24) is 15.0 Å². The SMILES string of the molecule is Fc1ccccc1Nc1cc(NCc2ccccn2)nc(-c2ccccc2)n1. The van der Waals surface area contributed by atoms with Gasteiger partial charge >= 0.3 is 0 Å². The lowest BCUT2D eigenvalue weighted by Crippen LogP contribution is -2.06. The maximum atomic E-state index is 14.0. The Balaban J connectivity index is 1.65. The van der Waals surface area contributed by atoms with E-state index in [9.17, 15) is 4.39 Å². The molecule has 0 bridgehead atoms. The van der Waals surface area contributed by atoms with Gasteiger partial charge in [-0.15, -0.1) is 0 Å². The largest absolute Gasteiger partial charge is 0.364 e. The van der Waals surface area contributed by atoms with Crippen LogP contribution in [0.2, 0.25) is 0 Å². The Kier molecular flexibility index (Phi) is 5.20. The van der Waals surface area contributed by atoms with Gasteiger partial charge in [-0.05, 0) is 24.3 Å². The Bertz CT molecular complexity index is 1050. The molecule has 0 aliphatic carbocycles. The minimum atomic E-state index is -0.342. The van der Waals surface area contributed by atoms with E-state index in [1.54, 1.807) is 30.5 Å². The molecule has 2 N–H and O–H groups in total. The molecule has 4 aromatic rings. The molecule has 2 aromatic carbocycles. The van der Waals surface area contributed by atoms with Crippen LogP contribution in [0.3, 0.4) is 0 Å². The van der Waals surface area contributed by atoms with E-state index >= 15 is 0 Å². The summed E-state index contributed by atoms with van der Waals surface area (Å²) in [6.07, 6.45) is 1.75. The van der Waals surface area contributed by atoms with Crippen LogP contribution in [-0.4, -0.2) is 15.0 Å². The minimum Gasteiger partial charge on any atom is -0.364 e. The number of pyridine rings is 1. The first-order chi connectivity index (χ1) is 13.8. The molecule has 0 aliphatic rings. The van der Waals surface area contributed by atoms with Crippen molar-refractivity contribution in [3.05, 3.63) is 96.6 Å². The zero-order chi connectivity index (χ0) is 19.2. The zero-order valence-corrected chi connectivity index (χ0v) is 15.0. The number of nitrogens with one attached hydrogen (secondary N) is 2. The first-order valence-electron chi connectivity index (χ1n) is 8.88. The second kappa shape index (κ2) is 8.26. The van der Waals surface area contributed by atoms with E-state index in [0.717, 1.165) is 11.3 Å². The molecule has 138 valence electrons. The van der Waals surface area contributed by atoms with Crippen molar-refractivity contribution in [3.8, 4) is 11.4 Å². The van der Waals surface area contributed by atoms with Gasteiger partial charge in [0.15, 0.2) is 5.82 Å². The van der Waals surface area contributed by atoms with E-state index in [-0.39, 0.29) is 5.82 Å². The van der Waals surface area contributed by atoms with Crippen LogP contribution in [0.15, 0.2) is 85.1 Å². The molecule has 28 heavy (non-hydrogen) atoms. The maximum Gasteiger partial charge on any atom is 0.163 e. The molecule has 0 saturated carbocycles. The summed E-state index contributed by atoms with van der Waals surface area (Å²) in [5, 5.41) is 6.30. The van der Waals surface area contributed by atoms with Crippen LogP contribution in [0, 0.1) is 5.82 Å². The third kappa shape index (κ3) is 4.29. The number of rotatable bonds is 6. The van der Waals surface area contributed by atoms with Crippen LogP contribution in [0.1, 0.15) is 5.69 Å². The number of nitrogens with zero attached hydrogens (tertiary/aromatic N) is 3. The van der Waals surface area contributed by atoms with E-state index < -0.39 is 0 Å². The topological polar surface area (TPSA) is 62.7 Å². The molecule has 0 fully saturated rings. The van der Waals surface area contributed by atoms with Gasteiger partial charge in [0.1, 0.15) is 17.5 Å². The summed E-state index contributed by atoms with van der Waals surface area (Å²) in [5.74, 6) is 1.33. The average molecular weight is 371 g/mol. The fraction of sp³-hybridized carbons (Fsp3) is 0.0455. The average Bonchev–Trinajstić information content (AvgIpc) is 2.75. The highest BCUT2D eigenvalue weighted by atomic mass is 19.1. The summed E-state index contributed by atoms with van der Waals surface area (Å²) in [6.45, 7) is 0.519. The summed E-state index contributed by atoms with van der Waals surface area (Å²) in [5.41, 5.74) is 2.13. The second-order valence-electron chi connectivity index (χ2n) is 6.11. The number of hydrogen-bond donors (Lipinski definition) is 2. The summed E-state index contributed by atoms with van der Waals surface area (Å²) >= 11 is 0. The second-order valence-corrected chi connectivity index (χ2v) is 6.11. The van der Waals surface area contributed by atoms with Crippen molar-refractivity contribution in [3.63, 3.8) is 0 Å². The molecular formula is C22H18FN5. The van der Waals surface area contributed by atoms with Crippen LogP contribution < -0.4 is 10.6 Å². The molecule has 0 amide bonds. The molecule has 2 heterocycles. The predicted molar refractivity (Wildman–Crippen MR) is 109 cm³/mol. The normalized spacial score (nSPS) is 10.5. The highest BCUT2D eigenvalue weighted by Crippen LogP contribution is 2.24. The molecule has 4 rings (SSSR count). The molecule has 5 nitrogen and oxygen atoms in total. The fourth-order valence-electron chi connectivity index (χ4n) is 2.70. The van der Waals surface area contributed by atoms with E-state index in [4.69, 9.17) is 0 Å². The van der Waals surface area contributed by atoms with Gasteiger partial charge in [0.2, 0.25) is 0 Å². The van der Waals surface area contributed by atoms with Crippen molar-refractivity contribution >= 4 is 17.3 Å². The van der Waals surface area contributed by atoms with Crippen molar-refractivity contribution in [1.29, 1.82) is 0 Å². The number of halogens is 1. The highest BCUT2D eigenvalue weighted by Gasteiger charge is 2.09. The number of para-hydroxylation sites is 1. The van der Waals surface area contributed by atoms with Crippen LogP contribution in [0.25, 0.3) is 11.4 Å². The maximum absolute atomic E-state index is 14.0. The van der Waals surface area contributed by atoms with Crippen LogP contribution in [0.5, 0.6) is 0 Å². The van der Waals surface area contributed by atoms with Crippen molar-refractivity contribution in [2.75, 3.05) is 10.6 Å². The van der Waals surface area contributed by atoms with Crippen LogP contribution in [0.4, 0.5) is 21.7 Å². The summed E-state index contributed by atoms with van der Waals surface area (Å²) in [4.78, 5) is 13.5. The van der Waals surface area contributed by atoms with Gasteiger partial charge in [-0.25, -0.2) is 14.4 Å². The van der Waals surface area contributed by atoms with Gasteiger partial charge in [0, 0.05) is 17.8 Å².